The molecule has 2 aromatic carbocycles. The molecule has 9 nitrogen and oxygen atoms in total. The SMILES string of the molecule is CN(C)CC(COC(=O)CCCCCCCCCCC(=O)NCc1ccccc1)OC(=O)CCCCCCCCCCC(=O)NCc1ccccc1. The number of unbranched alkanes of at least 4 members (excludes halogenated alkanes) is 14. The highest BCUT2D eigenvalue weighted by atomic mass is 16.6. The average Bonchev–Trinajstić information content (AvgIpc) is 3.14. The number of benzene rings is 2. The van der Waals surface area contributed by atoms with Crippen molar-refractivity contribution in [3.63, 3.8) is 0 Å². The summed E-state index contributed by atoms with van der Waals surface area (Å²) in [6.07, 6.45) is 17.9. The first kappa shape index (κ1) is 44.4. The minimum Gasteiger partial charge on any atom is -0.462 e. The molecule has 0 fully saturated rings. The first-order valence-electron chi connectivity index (χ1n) is 19.9. The first-order valence-corrected chi connectivity index (χ1v) is 19.9. The zero-order valence-electron chi connectivity index (χ0n) is 32.2. The lowest BCUT2D eigenvalue weighted by molar-refractivity contribution is -0.160. The zero-order chi connectivity index (χ0) is 37.5. The second kappa shape index (κ2) is 29.8. The van der Waals surface area contributed by atoms with Crippen molar-refractivity contribution < 1.29 is 28.7 Å². The number of likely N-dealkylation sites (N-methyl/N-ethyl adjacent to an activating group) is 1. The maximum Gasteiger partial charge on any atom is 0.306 e. The normalized spacial score (nSPS) is 11.6. The van der Waals surface area contributed by atoms with Crippen LogP contribution in [-0.4, -0.2) is 62.0 Å². The molecule has 0 bridgehead atoms. The van der Waals surface area contributed by atoms with Gasteiger partial charge in [-0.05, 0) is 50.9 Å². The van der Waals surface area contributed by atoms with Crippen LogP contribution in [0.1, 0.15) is 140 Å². The largest absolute Gasteiger partial charge is 0.462 e. The third-order valence-electron chi connectivity index (χ3n) is 9.03. The number of hydrogen-bond acceptors (Lipinski definition) is 7. The standard InChI is InChI=1S/C43H67N3O6/c1-46(2)35-39(52-43(50)32-24-14-10-6-4-8-12-22-30-41(48)45-34-38-27-19-16-20-28-38)36-51-42(49)31-23-13-9-5-3-7-11-21-29-40(47)44-33-37-25-17-15-18-26-37/h15-20,25-28,39H,3-14,21-24,29-36H2,1-2H3,(H,44,47)(H,45,48). The molecule has 0 spiro atoms. The number of carbonyl (C=O) groups is 4. The van der Waals surface area contributed by atoms with Crippen LogP contribution in [0.4, 0.5) is 0 Å². The number of esters is 2. The maximum absolute atomic E-state index is 12.5. The van der Waals surface area contributed by atoms with Crippen LogP contribution >= 0.6 is 0 Å². The van der Waals surface area contributed by atoms with Gasteiger partial charge in [0.25, 0.3) is 0 Å². The van der Waals surface area contributed by atoms with Crippen LogP contribution < -0.4 is 10.6 Å². The number of rotatable bonds is 31. The Kier molecular flexibility index (Phi) is 25.5. The molecule has 9 heteroatoms. The van der Waals surface area contributed by atoms with Crippen LogP contribution in [0, 0.1) is 0 Å². The Morgan fingerprint density at radius 1 is 0.519 bits per heavy atom. The monoisotopic (exact) mass is 722 g/mol. The molecular formula is C43H67N3O6. The van der Waals surface area contributed by atoms with Crippen molar-refractivity contribution in [1.29, 1.82) is 0 Å². The van der Waals surface area contributed by atoms with E-state index in [4.69, 9.17) is 9.47 Å². The summed E-state index contributed by atoms with van der Waals surface area (Å²) in [6.45, 7) is 1.76. The van der Waals surface area contributed by atoms with Gasteiger partial charge in [-0.1, -0.05) is 138 Å². The van der Waals surface area contributed by atoms with Crippen LogP contribution in [0.3, 0.4) is 0 Å². The fraction of sp³-hybridized carbons (Fsp3) is 0.628. The highest BCUT2D eigenvalue weighted by Crippen LogP contribution is 2.13. The molecular weight excluding hydrogens is 654 g/mol. The first-order chi connectivity index (χ1) is 25.3. The molecule has 0 saturated heterocycles. The average molecular weight is 722 g/mol. The molecule has 1 atom stereocenters. The van der Waals surface area contributed by atoms with E-state index in [-0.39, 0.29) is 30.4 Å². The van der Waals surface area contributed by atoms with Crippen molar-refractivity contribution in [1.82, 2.24) is 15.5 Å². The van der Waals surface area contributed by atoms with Crippen molar-refractivity contribution in [2.24, 2.45) is 0 Å². The van der Waals surface area contributed by atoms with Gasteiger partial charge >= 0.3 is 11.9 Å². The molecule has 0 saturated carbocycles. The summed E-state index contributed by atoms with van der Waals surface area (Å²) in [5.74, 6) is -0.250. The van der Waals surface area contributed by atoms with Gasteiger partial charge in [-0.3, -0.25) is 19.2 Å². The molecule has 2 N–H and O–H groups in total. The van der Waals surface area contributed by atoms with Gasteiger partial charge in [0.1, 0.15) is 12.7 Å². The van der Waals surface area contributed by atoms with Gasteiger partial charge in [0.2, 0.25) is 11.8 Å². The Bertz CT molecular complexity index is 1220. The fourth-order valence-electron chi connectivity index (χ4n) is 6.04. The lowest BCUT2D eigenvalue weighted by Crippen LogP contribution is -2.34. The summed E-state index contributed by atoms with van der Waals surface area (Å²) in [5.41, 5.74) is 2.23. The summed E-state index contributed by atoms with van der Waals surface area (Å²) in [4.78, 5) is 50.8. The van der Waals surface area contributed by atoms with Gasteiger partial charge < -0.3 is 25.0 Å². The van der Waals surface area contributed by atoms with Crippen LogP contribution in [0.25, 0.3) is 0 Å². The van der Waals surface area contributed by atoms with E-state index in [1.807, 2.05) is 79.7 Å². The molecule has 2 amide bonds. The van der Waals surface area contributed by atoms with E-state index in [0.717, 1.165) is 114 Å². The van der Waals surface area contributed by atoms with Crippen LogP contribution in [0.15, 0.2) is 60.7 Å². The van der Waals surface area contributed by atoms with Crippen LogP contribution in [-0.2, 0) is 41.7 Å². The lowest BCUT2D eigenvalue weighted by atomic mass is 10.1. The van der Waals surface area contributed by atoms with E-state index >= 15 is 0 Å². The van der Waals surface area contributed by atoms with Gasteiger partial charge in [0.15, 0.2) is 0 Å². The van der Waals surface area contributed by atoms with Crippen molar-refractivity contribution in [3.05, 3.63) is 71.8 Å². The second-order valence-electron chi connectivity index (χ2n) is 14.2. The van der Waals surface area contributed by atoms with E-state index in [9.17, 15) is 19.2 Å². The molecule has 52 heavy (non-hydrogen) atoms. The highest BCUT2D eigenvalue weighted by Gasteiger charge is 2.18. The minimum atomic E-state index is -0.471. The number of nitrogens with zero attached hydrogens (tertiary/aromatic N) is 1. The zero-order valence-corrected chi connectivity index (χ0v) is 32.2. The topological polar surface area (TPSA) is 114 Å². The predicted molar refractivity (Wildman–Crippen MR) is 208 cm³/mol. The van der Waals surface area contributed by atoms with Gasteiger partial charge in [-0.2, -0.15) is 0 Å². The predicted octanol–water partition coefficient (Wildman–Crippen LogP) is 8.44. The quantitative estimate of drug-likeness (QED) is 0.0594. The Labute approximate surface area is 314 Å². The molecule has 0 aliphatic rings. The van der Waals surface area contributed by atoms with Crippen molar-refractivity contribution in [3.8, 4) is 0 Å². The highest BCUT2D eigenvalue weighted by molar-refractivity contribution is 5.76. The molecule has 0 radical (unpaired) electrons. The molecule has 0 aliphatic heterocycles. The van der Waals surface area contributed by atoms with Crippen LogP contribution in [0.5, 0.6) is 0 Å². The Hall–Kier alpha value is -3.72. The van der Waals surface area contributed by atoms with E-state index < -0.39 is 6.10 Å². The molecule has 1 unspecified atom stereocenters. The van der Waals surface area contributed by atoms with Crippen molar-refractivity contribution in [2.45, 2.75) is 148 Å². The van der Waals surface area contributed by atoms with E-state index in [2.05, 4.69) is 10.6 Å². The van der Waals surface area contributed by atoms with Gasteiger partial charge in [0, 0.05) is 45.3 Å². The summed E-state index contributed by atoms with van der Waals surface area (Å²) < 4.78 is 11.2. The van der Waals surface area contributed by atoms with Crippen LogP contribution in [0.2, 0.25) is 0 Å². The molecule has 2 rings (SSSR count). The fourth-order valence-corrected chi connectivity index (χ4v) is 6.04. The Balaban J connectivity index is 1.39. The number of ether oxygens (including phenoxy) is 2. The Morgan fingerprint density at radius 2 is 0.885 bits per heavy atom. The lowest BCUT2D eigenvalue weighted by Gasteiger charge is -2.21. The van der Waals surface area contributed by atoms with Gasteiger partial charge in [0.05, 0.1) is 0 Å². The molecule has 0 aliphatic carbocycles. The number of hydrogen-bond donors (Lipinski definition) is 2. The number of carbonyl (C=O) groups excluding carboxylic acids is 4. The van der Waals surface area contributed by atoms with Crippen molar-refractivity contribution in [2.75, 3.05) is 27.2 Å². The van der Waals surface area contributed by atoms with Gasteiger partial charge in [-0.25, -0.2) is 0 Å². The molecule has 2 aromatic rings. The summed E-state index contributed by atoms with van der Waals surface area (Å²) in [6, 6.07) is 19.9. The van der Waals surface area contributed by atoms with Gasteiger partial charge in [-0.15, -0.1) is 0 Å². The summed E-state index contributed by atoms with van der Waals surface area (Å²) >= 11 is 0. The maximum atomic E-state index is 12.5. The van der Waals surface area contributed by atoms with E-state index in [0.29, 0.717) is 45.3 Å². The van der Waals surface area contributed by atoms with E-state index in [1.165, 1.54) is 0 Å². The second-order valence-corrected chi connectivity index (χ2v) is 14.2. The number of nitrogens with one attached hydrogen (secondary N) is 2. The van der Waals surface area contributed by atoms with Crippen molar-refractivity contribution >= 4 is 23.8 Å². The van der Waals surface area contributed by atoms with E-state index in [1.54, 1.807) is 0 Å². The molecule has 0 aromatic heterocycles. The third-order valence-corrected chi connectivity index (χ3v) is 9.03. The minimum absolute atomic E-state index is 0.0850. The molecule has 290 valence electrons. The third kappa shape index (κ3) is 25.3. The summed E-state index contributed by atoms with van der Waals surface area (Å²) in [5, 5.41) is 5.96. The number of amides is 2. The molecule has 0 heterocycles. The Morgan fingerprint density at radius 3 is 1.29 bits per heavy atom. The summed E-state index contributed by atoms with van der Waals surface area (Å²) in [7, 11) is 3.82. The smallest absolute Gasteiger partial charge is 0.306 e.